The van der Waals surface area contributed by atoms with Crippen molar-refractivity contribution in [3.8, 4) is 0 Å². The van der Waals surface area contributed by atoms with E-state index in [1.165, 1.54) is 0 Å². The van der Waals surface area contributed by atoms with E-state index in [1.54, 1.807) is 13.1 Å². The lowest BCUT2D eigenvalue weighted by Gasteiger charge is -2.36. The van der Waals surface area contributed by atoms with E-state index >= 15 is 0 Å². The Kier molecular flexibility index (Phi) is 6.86. The first-order valence-electron chi connectivity index (χ1n) is 5.28. The van der Waals surface area contributed by atoms with Gasteiger partial charge in [0.25, 0.3) is 0 Å². The predicted octanol–water partition coefficient (Wildman–Crippen LogP) is 5.06. The molecule has 0 fully saturated rings. The first kappa shape index (κ1) is 18.9. The molecule has 17 heavy (non-hydrogen) atoms. The van der Waals surface area contributed by atoms with Gasteiger partial charge in [0, 0.05) is 0 Å². The molecule has 0 radical (unpaired) electrons. The molecular formula is C7H20Cl4O2Si4. The molecule has 0 aromatic carbocycles. The fourth-order valence-corrected chi connectivity index (χ4v) is 27.4. The normalized spacial score (nSPS) is 15.2. The molecule has 0 heterocycles. The first-order chi connectivity index (χ1) is 7.12. The highest BCUT2D eigenvalue weighted by atomic mass is 35.7. The average molecular weight is 390 g/mol. The van der Waals surface area contributed by atoms with Crippen LogP contribution >= 0.6 is 44.3 Å². The molecule has 0 aromatic heterocycles. The standard InChI is InChI=1S/C7H20Cl4O2Si4/c1-14(2,12-16(5,8)9)7-15(3,4)13-17(6,10)11/h7H2,1-6H3. The van der Waals surface area contributed by atoms with Gasteiger partial charge in [-0.05, 0) is 44.9 Å². The van der Waals surface area contributed by atoms with E-state index in [-0.39, 0.29) is 0 Å². The van der Waals surface area contributed by atoms with Gasteiger partial charge >= 0.3 is 13.9 Å². The molecule has 10 heteroatoms. The van der Waals surface area contributed by atoms with E-state index in [0.29, 0.717) is 0 Å². The zero-order valence-electron chi connectivity index (χ0n) is 11.0. The molecule has 0 spiro atoms. The van der Waals surface area contributed by atoms with Crippen molar-refractivity contribution in [1.29, 1.82) is 0 Å². The summed E-state index contributed by atoms with van der Waals surface area (Å²) in [7, 11) is -3.87. The third-order valence-electron chi connectivity index (χ3n) is 1.76. The molecule has 2 nitrogen and oxygen atoms in total. The number of hydrogen-bond donors (Lipinski definition) is 0. The summed E-state index contributed by atoms with van der Waals surface area (Å²) in [6.45, 7) is 6.87. The Balaban J connectivity index is 4.59. The van der Waals surface area contributed by atoms with Crippen LogP contribution in [0, 0.1) is 0 Å². The summed E-state index contributed by atoms with van der Waals surface area (Å²) in [4.78, 5) is 0. The van der Waals surface area contributed by atoms with Crippen molar-refractivity contribution < 1.29 is 8.23 Å². The summed E-state index contributed by atoms with van der Waals surface area (Å²) >= 11 is 24.1. The highest BCUT2D eigenvalue weighted by molar-refractivity contribution is 7.44. The van der Waals surface area contributed by atoms with Crippen molar-refractivity contribution >= 4 is 74.8 Å². The van der Waals surface area contributed by atoms with Gasteiger partial charge in [0.2, 0.25) is 0 Å². The third kappa shape index (κ3) is 11.5. The van der Waals surface area contributed by atoms with E-state index in [0.717, 1.165) is 5.67 Å². The van der Waals surface area contributed by atoms with Gasteiger partial charge in [-0.2, -0.15) is 0 Å². The Morgan fingerprint density at radius 1 is 0.647 bits per heavy atom. The summed E-state index contributed by atoms with van der Waals surface area (Å²) in [5.41, 5.74) is 0.879. The second-order valence-electron chi connectivity index (χ2n) is 5.52. The monoisotopic (exact) mass is 388 g/mol. The van der Waals surface area contributed by atoms with Crippen molar-refractivity contribution in [1.82, 2.24) is 0 Å². The van der Waals surface area contributed by atoms with Gasteiger partial charge in [0.05, 0.1) is 0 Å². The van der Waals surface area contributed by atoms with Crippen LogP contribution in [0.2, 0.25) is 44.9 Å². The molecule has 0 aliphatic carbocycles. The van der Waals surface area contributed by atoms with Crippen LogP contribution < -0.4 is 0 Å². The minimum atomic E-state index is -2.53. The largest absolute Gasteiger partial charge is 0.434 e. The molecular weight excluding hydrogens is 370 g/mol. The molecule has 0 atom stereocenters. The van der Waals surface area contributed by atoms with Crippen molar-refractivity contribution in [3.63, 3.8) is 0 Å². The zero-order valence-corrected chi connectivity index (χ0v) is 18.1. The van der Waals surface area contributed by atoms with Gasteiger partial charge in [-0.15, -0.1) is 44.3 Å². The lowest BCUT2D eigenvalue weighted by atomic mass is 11.8. The van der Waals surface area contributed by atoms with Gasteiger partial charge in [0.15, 0.2) is 16.6 Å². The maximum atomic E-state index is 6.03. The van der Waals surface area contributed by atoms with Crippen LogP contribution in [0.4, 0.5) is 0 Å². The summed E-state index contributed by atoms with van der Waals surface area (Å²) < 4.78 is 11.7. The Morgan fingerprint density at radius 2 is 0.882 bits per heavy atom. The van der Waals surface area contributed by atoms with Crippen LogP contribution in [-0.4, -0.2) is 30.5 Å². The van der Waals surface area contributed by atoms with E-state index in [2.05, 4.69) is 26.2 Å². The lowest BCUT2D eigenvalue weighted by molar-refractivity contribution is 0.557. The molecule has 0 unspecified atom stereocenters. The summed E-state index contributed by atoms with van der Waals surface area (Å²) in [5, 5.41) is 0. The number of hydrogen-bond acceptors (Lipinski definition) is 2. The highest BCUT2D eigenvalue weighted by Crippen LogP contribution is 2.31. The fraction of sp³-hybridized carbons (Fsp3) is 1.00. The zero-order chi connectivity index (χ0) is 14.1. The van der Waals surface area contributed by atoms with E-state index in [9.17, 15) is 0 Å². The fourth-order valence-electron chi connectivity index (χ4n) is 2.07. The van der Waals surface area contributed by atoms with Crippen molar-refractivity contribution in [2.45, 2.75) is 44.9 Å². The molecule has 0 saturated carbocycles. The quantitative estimate of drug-likeness (QED) is 0.466. The maximum Gasteiger partial charge on any atom is 0.376 e. The minimum Gasteiger partial charge on any atom is -0.434 e. The summed E-state index contributed by atoms with van der Waals surface area (Å²) in [6, 6.07) is 0. The summed E-state index contributed by atoms with van der Waals surface area (Å²) in [5.74, 6) is 0. The van der Waals surface area contributed by atoms with Crippen LogP contribution in [0.5, 0.6) is 0 Å². The van der Waals surface area contributed by atoms with Crippen molar-refractivity contribution in [2.24, 2.45) is 0 Å². The lowest BCUT2D eigenvalue weighted by Crippen LogP contribution is -2.50. The highest BCUT2D eigenvalue weighted by Gasteiger charge is 2.43. The first-order valence-corrected chi connectivity index (χ1v) is 20.4. The van der Waals surface area contributed by atoms with Crippen LogP contribution in [0.3, 0.4) is 0 Å². The Morgan fingerprint density at radius 3 is 1.06 bits per heavy atom. The Labute approximate surface area is 127 Å². The molecule has 0 bridgehead atoms. The van der Waals surface area contributed by atoms with Gasteiger partial charge < -0.3 is 8.23 Å². The molecule has 0 saturated heterocycles. The maximum absolute atomic E-state index is 6.03. The van der Waals surface area contributed by atoms with E-state index in [4.69, 9.17) is 52.5 Å². The van der Waals surface area contributed by atoms with E-state index in [1.807, 2.05) is 0 Å². The van der Waals surface area contributed by atoms with Crippen molar-refractivity contribution in [2.75, 3.05) is 0 Å². The third-order valence-corrected chi connectivity index (χ3v) is 18.6. The number of halogens is 4. The average Bonchev–Trinajstić information content (AvgIpc) is 1.65. The van der Waals surface area contributed by atoms with Crippen LogP contribution in [0.15, 0.2) is 0 Å². The molecule has 0 aliphatic rings. The second-order valence-corrected chi connectivity index (χ2v) is 28.6. The van der Waals surface area contributed by atoms with Crippen LogP contribution in [0.1, 0.15) is 0 Å². The smallest absolute Gasteiger partial charge is 0.376 e. The molecule has 0 rings (SSSR count). The summed E-state index contributed by atoms with van der Waals surface area (Å²) in [6.07, 6.45) is 0. The SMILES string of the molecule is C[Si](Cl)(Cl)O[Si](C)(C)C[Si](C)(C)O[Si](C)(Cl)Cl. The van der Waals surface area contributed by atoms with Crippen LogP contribution in [-0.2, 0) is 8.23 Å². The van der Waals surface area contributed by atoms with Crippen LogP contribution in [0.25, 0.3) is 0 Å². The second kappa shape index (κ2) is 6.15. The Bertz CT molecular complexity index is 236. The Hall–Kier alpha value is 1.95. The molecule has 0 N–H and O–H groups in total. The van der Waals surface area contributed by atoms with Crippen molar-refractivity contribution in [3.05, 3.63) is 0 Å². The van der Waals surface area contributed by atoms with Gasteiger partial charge in [-0.25, -0.2) is 0 Å². The van der Waals surface area contributed by atoms with Gasteiger partial charge in [-0.3, -0.25) is 0 Å². The predicted molar refractivity (Wildman–Crippen MR) is 88.6 cm³/mol. The molecule has 0 aromatic rings. The van der Waals surface area contributed by atoms with E-state index < -0.39 is 30.5 Å². The topological polar surface area (TPSA) is 18.5 Å². The number of rotatable bonds is 6. The van der Waals surface area contributed by atoms with Gasteiger partial charge in [0.1, 0.15) is 0 Å². The molecule has 0 amide bonds. The molecule has 0 aliphatic heterocycles. The van der Waals surface area contributed by atoms with Gasteiger partial charge in [-0.1, -0.05) is 0 Å². The molecule has 104 valence electrons. The minimum absolute atomic E-state index is 0.879.